The molecule has 4 aromatic rings. The van der Waals surface area contributed by atoms with E-state index in [1.54, 1.807) is 17.0 Å². The van der Waals surface area contributed by atoms with Crippen molar-refractivity contribution in [1.29, 1.82) is 0 Å². The molecule has 9 heteroatoms. The lowest BCUT2D eigenvalue weighted by molar-refractivity contribution is -0.135. The van der Waals surface area contributed by atoms with Crippen LogP contribution in [0.5, 0.6) is 5.75 Å². The Kier molecular flexibility index (Phi) is 6.60. The largest absolute Gasteiger partial charge is 0.482 e. The van der Waals surface area contributed by atoms with Gasteiger partial charge >= 0.3 is 0 Å². The molecule has 7 rings (SSSR count). The van der Waals surface area contributed by atoms with E-state index in [2.05, 4.69) is 4.90 Å². The van der Waals surface area contributed by atoms with Gasteiger partial charge in [0.05, 0.1) is 29.6 Å². The summed E-state index contributed by atoms with van der Waals surface area (Å²) in [7, 11) is 0. The molecule has 1 saturated heterocycles. The summed E-state index contributed by atoms with van der Waals surface area (Å²) in [5.74, 6) is 0.344. The second-order valence-corrected chi connectivity index (χ2v) is 11.1. The Bertz CT molecular complexity index is 1580. The highest BCUT2D eigenvalue weighted by atomic mass is 35.5. The predicted octanol–water partition coefficient (Wildman–Crippen LogP) is 5.39. The third-order valence-corrected chi connectivity index (χ3v) is 8.43. The molecule has 2 fully saturated rings. The highest BCUT2D eigenvalue weighted by molar-refractivity contribution is 6.32. The highest BCUT2D eigenvalue weighted by Crippen LogP contribution is 2.43. The van der Waals surface area contributed by atoms with Gasteiger partial charge in [0.15, 0.2) is 6.61 Å². The highest BCUT2D eigenvalue weighted by Gasteiger charge is 2.37. The van der Waals surface area contributed by atoms with Crippen LogP contribution in [-0.4, -0.2) is 59.6 Å². The minimum atomic E-state index is -0.621. The molecule has 206 valence electrons. The van der Waals surface area contributed by atoms with Crippen molar-refractivity contribution < 1.29 is 18.7 Å². The van der Waals surface area contributed by atoms with Crippen LogP contribution in [0.2, 0.25) is 5.02 Å². The van der Waals surface area contributed by atoms with Crippen molar-refractivity contribution >= 4 is 28.8 Å². The number of morpholine rings is 1. The van der Waals surface area contributed by atoms with E-state index in [0.29, 0.717) is 48.4 Å². The second-order valence-electron chi connectivity index (χ2n) is 10.7. The van der Waals surface area contributed by atoms with Crippen LogP contribution < -0.4 is 9.64 Å². The summed E-state index contributed by atoms with van der Waals surface area (Å²) in [5, 5.41) is 0.442. The van der Waals surface area contributed by atoms with Gasteiger partial charge in [-0.15, -0.1) is 0 Å². The SMILES string of the molecule is O=C(COc1ccc(N2CCOCC2)cc1Cl)N1CCc2nc3ccccn3c2C1c1ccc(C2CC2)cc1F. The first-order valence-corrected chi connectivity index (χ1v) is 14.2. The number of halogens is 2. The van der Waals surface area contributed by atoms with E-state index >= 15 is 4.39 Å². The number of hydrogen-bond acceptors (Lipinski definition) is 5. The number of ether oxygens (including phenoxy) is 2. The first-order chi connectivity index (χ1) is 19.6. The lowest BCUT2D eigenvalue weighted by atomic mass is 9.93. The molecule has 0 radical (unpaired) electrons. The van der Waals surface area contributed by atoms with Crippen LogP contribution in [0.25, 0.3) is 5.65 Å². The molecule has 1 aliphatic carbocycles. The van der Waals surface area contributed by atoms with Gasteiger partial charge in [-0.2, -0.15) is 0 Å². The number of nitrogens with zero attached hydrogens (tertiary/aromatic N) is 4. The molecular formula is C31H30ClFN4O3. The number of carbonyl (C=O) groups is 1. The van der Waals surface area contributed by atoms with E-state index < -0.39 is 6.04 Å². The molecule has 4 heterocycles. The Balaban J connectivity index is 1.17. The van der Waals surface area contributed by atoms with Crippen molar-refractivity contribution in [3.63, 3.8) is 0 Å². The van der Waals surface area contributed by atoms with Crippen LogP contribution in [0.4, 0.5) is 10.1 Å². The van der Waals surface area contributed by atoms with Crippen molar-refractivity contribution in [3.8, 4) is 5.75 Å². The smallest absolute Gasteiger partial charge is 0.261 e. The van der Waals surface area contributed by atoms with E-state index in [4.69, 9.17) is 26.1 Å². The van der Waals surface area contributed by atoms with Crippen LogP contribution in [-0.2, 0) is 16.0 Å². The molecule has 0 N–H and O–H groups in total. The Hall–Kier alpha value is -3.62. The van der Waals surface area contributed by atoms with Gasteiger partial charge in [-0.05, 0) is 60.7 Å². The molecule has 2 aromatic carbocycles. The van der Waals surface area contributed by atoms with Gasteiger partial charge in [-0.25, -0.2) is 9.37 Å². The van der Waals surface area contributed by atoms with Gasteiger partial charge in [-0.3, -0.25) is 4.79 Å². The molecular weight excluding hydrogens is 531 g/mol. The van der Waals surface area contributed by atoms with Gasteiger partial charge in [0, 0.05) is 43.5 Å². The maximum absolute atomic E-state index is 15.7. The molecule has 0 bridgehead atoms. The number of hydrogen-bond donors (Lipinski definition) is 0. The Morgan fingerprint density at radius 2 is 1.93 bits per heavy atom. The average Bonchev–Trinajstić information content (AvgIpc) is 3.76. The number of amides is 1. The maximum Gasteiger partial charge on any atom is 0.261 e. The van der Waals surface area contributed by atoms with Crippen LogP contribution in [0, 0.1) is 5.82 Å². The zero-order valence-electron chi connectivity index (χ0n) is 22.1. The summed E-state index contributed by atoms with van der Waals surface area (Å²) < 4.78 is 29.1. The summed E-state index contributed by atoms with van der Waals surface area (Å²) >= 11 is 6.56. The predicted molar refractivity (Wildman–Crippen MR) is 151 cm³/mol. The molecule has 1 amide bonds. The summed E-state index contributed by atoms with van der Waals surface area (Å²) in [4.78, 5) is 22.5. The molecule has 7 nitrogen and oxygen atoms in total. The minimum absolute atomic E-state index is 0.207. The fourth-order valence-electron chi connectivity index (χ4n) is 5.91. The zero-order chi connectivity index (χ0) is 27.2. The van der Waals surface area contributed by atoms with E-state index in [-0.39, 0.29) is 18.3 Å². The van der Waals surface area contributed by atoms with Crippen molar-refractivity contribution in [2.75, 3.05) is 44.4 Å². The Labute approximate surface area is 237 Å². The first kappa shape index (κ1) is 25.4. The van der Waals surface area contributed by atoms with Crippen LogP contribution in [0.1, 0.15) is 47.3 Å². The molecule has 2 aromatic heterocycles. The molecule has 0 spiro atoms. The number of rotatable bonds is 6. The lowest BCUT2D eigenvalue weighted by Gasteiger charge is -2.36. The summed E-state index contributed by atoms with van der Waals surface area (Å²) in [6.45, 7) is 3.17. The molecule has 2 aliphatic heterocycles. The van der Waals surface area contributed by atoms with Gasteiger partial charge in [-0.1, -0.05) is 29.8 Å². The van der Waals surface area contributed by atoms with E-state index in [0.717, 1.165) is 54.2 Å². The van der Waals surface area contributed by atoms with E-state index in [1.165, 1.54) is 0 Å². The van der Waals surface area contributed by atoms with Gasteiger partial charge in [0.25, 0.3) is 5.91 Å². The monoisotopic (exact) mass is 560 g/mol. The molecule has 1 unspecified atom stereocenters. The quantitative estimate of drug-likeness (QED) is 0.316. The summed E-state index contributed by atoms with van der Waals surface area (Å²) in [5.41, 5.74) is 4.97. The van der Waals surface area contributed by atoms with Gasteiger partial charge in [0.2, 0.25) is 0 Å². The van der Waals surface area contributed by atoms with Crippen molar-refractivity contribution in [2.45, 2.75) is 31.2 Å². The first-order valence-electron chi connectivity index (χ1n) is 13.9. The fourth-order valence-corrected chi connectivity index (χ4v) is 6.14. The minimum Gasteiger partial charge on any atom is -0.482 e. The average molecular weight is 561 g/mol. The number of anilines is 1. The third-order valence-electron chi connectivity index (χ3n) is 8.13. The van der Waals surface area contributed by atoms with Crippen molar-refractivity contribution in [1.82, 2.24) is 14.3 Å². The third kappa shape index (κ3) is 4.69. The normalized spacial score (nSPS) is 19.1. The fraction of sp³-hybridized carbons (Fsp3) is 0.355. The van der Waals surface area contributed by atoms with Crippen LogP contribution in [0.15, 0.2) is 60.8 Å². The Morgan fingerprint density at radius 1 is 1.07 bits per heavy atom. The van der Waals surface area contributed by atoms with Crippen LogP contribution in [0.3, 0.4) is 0 Å². The summed E-state index contributed by atoms with van der Waals surface area (Å²) in [6.07, 6.45) is 4.69. The number of imidazole rings is 1. The second kappa shape index (κ2) is 10.4. The van der Waals surface area contributed by atoms with Crippen molar-refractivity contribution in [2.24, 2.45) is 0 Å². The van der Waals surface area contributed by atoms with E-state index in [1.807, 2.05) is 53.1 Å². The lowest BCUT2D eigenvalue weighted by Crippen LogP contribution is -2.43. The van der Waals surface area contributed by atoms with Crippen LogP contribution >= 0.6 is 11.6 Å². The van der Waals surface area contributed by atoms with Gasteiger partial charge < -0.3 is 23.7 Å². The number of pyridine rings is 1. The molecule has 40 heavy (non-hydrogen) atoms. The number of fused-ring (bicyclic) bond motifs is 3. The zero-order valence-corrected chi connectivity index (χ0v) is 22.8. The summed E-state index contributed by atoms with van der Waals surface area (Å²) in [6, 6.07) is 16.2. The molecule has 1 atom stereocenters. The number of carbonyl (C=O) groups excluding carboxylic acids is 1. The Morgan fingerprint density at radius 3 is 2.70 bits per heavy atom. The number of benzene rings is 2. The van der Waals surface area contributed by atoms with E-state index in [9.17, 15) is 4.79 Å². The standard InChI is InChI=1S/C31H30ClFN4O3/c32-24-18-22(35-13-15-39-16-14-35)7-9-27(24)40-19-29(38)37-12-10-26-31(36-11-2-1-3-28(36)34-26)30(37)23-8-6-21(17-25(23)33)20-4-5-20/h1-3,6-9,11,17-18,20,30H,4-5,10,12-16,19H2. The van der Waals surface area contributed by atoms with Gasteiger partial charge in [0.1, 0.15) is 23.3 Å². The molecule has 3 aliphatic rings. The van der Waals surface area contributed by atoms with Crippen molar-refractivity contribution in [3.05, 3.63) is 94.1 Å². The number of aromatic nitrogens is 2. The topological polar surface area (TPSA) is 59.3 Å². The maximum atomic E-state index is 15.7. The molecule has 1 saturated carbocycles.